The van der Waals surface area contributed by atoms with Gasteiger partial charge in [0.25, 0.3) is 0 Å². The maximum absolute atomic E-state index is 11.7. The lowest BCUT2D eigenvalue weighted by atomic mass is 9.83. The van der Waals surface area contributed by atoms with E-state index in [0.29, 0.717) is 18.9 Å². The van der Waals surface area contributed by atoms with Crippen LogP contribution in [-0.2, 0) is 9.53 Å². The molecule has 1 saturated carbocycles. The predicted molar refractivity (Wildman–Crippen MR) is 71.3 cm³/mol. The summed E-state index contributed by atoms with van der Waals surface area (Å²) in [6.07, 6.45) is 5.21. The van der Waals surface area contributed by atoms with Crippen molar-refractivity contribution in [2.75, 3.05) is 13.7 Å². The van der Waals surface area contributed by atoms with E-state index in [1.807, 2.05) is 6.92 Å². The maximum atomic E-state index is 11.7. The van der Waals surface area contributed by atoms with E-state index in [0.717, 1.165) is 12.8 Å². The standard InChI is InChI=1S/C12H24N2O2.ClH/c1-9(16-2)8-14-12(15)7-10-5-3-4-6-11(10)13;/h9-11H,3-8,13H2,1-2H3,(H,14,15);1H. The van der Waals surface area contributed by atoms with Gasteiger partial charge < -0.3 is 15.8 Å². The molecule has 0 aromatic heterocycles. The number of ether oxygens (including phenoxy) is 1. The molecular weight excluding hydrogens is 240 g/mol. The van der Waals surface area contributed by atoms with Crippen LogP contribution >= 0.6 is 12.4 Å². The highest BCUT2D eigenvalue weighted by Crippen LogP contribution is 2.25. The van der Waals surface area contributed by atoms with Crippen molar-refractivity contribution in [1.29, 1.82) is 0 Å². The van der Waals surface area contributed by atoms with Crippen molar-refractivity contribution in [2.45, 2.75) is 51.2 Å². The number of halogens is 1. The molecule has 0 aromatic rings. The van der Waals surface area contributed by atoms with Crippen LogP contribution in [0.4, 0.5) is 0 Å². The number of nitrogens with two attached hydrogens (primary N) is 1. The van der Waals surface area contributed by atoms with Gasteiger partial charge in [0.2, 0.25) is 5.91 Å². The molecule has 102 valence electrons. The number of hydrogen-bond donors (Lipinski definition) is 2. The van der Waals surface area contributed by atoms with Gasteiger partial charge in [-0.1, -0.05) is 12.8 Å². The van der Waals surface area contributed by atoms with Crippen LogP contribution in [0.5, 0.6) is 0 Å². The Bertz CT molecular complexity index is 227. The minimum Gasteiger partial charge on any atom is -0.380 e. The zero-order valence-electron chi connectivity index (χ0n) is 10.8. The van der Waals surface area contributed by atoms with Crippen molar-refractivity contribution in [3.63, 3.8) is 0 Å². The molecule has 1 fully saturated rings. The van der Waals surface area contributed by atoms with Gasteiger partial charge in [-0.05, 0) is 25.7 Å². The van der Waals surface area contributed by atoms with E-state index in [1.165, 1.54) is 12.8 Å². The second-order valence-electron chi connectivity index (χ2n) is 4.76. The lowest BCUT2D eigenvalue weighted by molar-refractivity contribution is -0.122. The van der Waals surface area contributed by atoms with Gasteiger partial charge >= 0.3 is 0 Å². The Kier molecular flexibility index (Phi) is 8.56. The molecule has 0 aliphatic heterocycles. The zero-order chi connectivity index (χ0) is 12.0. The largest absolute Gasteiger partial charge is 0.380 e. The molecule has 1 rings (SSSR count). The van der Waals surface area contributed by atoms with Crippen LogP contribution in [0.3, 0.4) is 0 Å². The van der Waals surface area contributed by atoms with E-state index in [4.69, 9.17) is 10.5 Å². The fraction of sp³-hybridized carbons (Fsp3) is 0.917. The van der Waals surface area contributed by atoms with Crippen LogP contribution in [0.1, 0.15) is 39.0 Å². The highest BCUT2D eigenvalue weighted by atomic mass is 35.5. The van der Waals surface area contributed by atoms with Crippen molar-refractivity contribution in [3.8, 4) is 0 Å². The first kappa shape index (κ1) is 16.7. The first-order valence-corrected chi connectivity index (χ1v) is 6.18. The Morgan fingerprint density at radius 2 is 2.12 bits per heavy atom. The third kappa shape index (κ3) is 6.24. The SMILES string of the molecule is COC(C)CNC(=O)CC1CCCCC1N.Cl. The number of nitrogens with one attached hydrogen (secondary N) is 1. The fourth-order valence-electron chi connectivity index (χ4n) is 2.14. The molecule has 3 unspecified atom stereocenters. The molecule has 0 radical (unpaired) electrons. The van der Waals surface area contributed by atoms with Crippen molar-refractivity contribution >= 4 is 18.3 Å². The summed E-state index contributed by atoms with van der Waals surface area (Å²) < 4.78 is 5.07. The van der Waals surface area contributed by atoms with Crippen molar-refractivity contribution in [2.24, 2.45) is 11.7 Å². The molecule has 0 spiro atoms. The predicted octanol–water partition coefficient (Wildman–Crippen LogP) is 1.47. The first-order chi connectivity index (χ1) is 7.63. The molecule has 3 atom stereocenters. The van der Waals surface area contributed by atoms with Gasteiger partial charge in [0.15, 0.2) is 0 Å². The fourth-order valence-corrected chi connectivity index (χ4v) is 2.14. The maximum Gasteiger partial charge on any atom is 0.220 e. The number of rotatable bonds is 5. The summed E-state index contributed by atoms with van der Waals surface area (Å²) in [6, 6.07) is 0.208. The Labute approximate surface area is 110 Å². The molecule has 1 aliphatic rings. The van der Waals surface area contributed by atoms with Gasteiger partial charge in [-0.25, -0.2) is 0 Å². The Morgan fingerprint density at radius 3 is 2.71 bits per heavy atom. The third-order valence-corrected chi connectivity index (χ3v) is 3.40. The summed E-state index contributed by atoms with van der Waals surface area (Å²) in [4.78, 5) is 11.7. The highest BCUT2D eigenvalue weighted by Gasteiger charge is 2.23. The summed E-state index contributed by atoms with van der Waals surface area (Å²) in [5, 5.41) is 2.88. The van der Waals surface area contributed by atoms with Crippen molar-refractivity contribution in [1.82, 2.24) is 5.32 Å². The number of hydrogen-bond acceptors (Lipinski definition) is 3. The van der Waals surface area contributed by atoms with E-state index in [-0.39, 0.29) is 30.5 Å². The topological polar surface area (TPSA) is 64.3 Å². The van der Waals surface area contributed by atoms with Gasteiger partial charge in [0, 0.05) is 26.1 Å². The van der Waals surface area contributed by atoms with Crippen LogP contribution in [0.15, 0.2) is 0 Å². The molecule has 0 saturated heterocycles. The van der Waals surface area contributed by atoms with Gasteiger partial charge in [-0.3, -0.25) is 4.79 Å². The summed E-state index contributed by atoms with van der Waals surface area (Å²) in [5.41, 5.74) is 6.00. The molecule has 5 heteroatoms. The number of carbonyl (C=O) groups is 1. The quantitative estimate of drug-likeness (QED) is 0.790. The Balaban J connectivity index is 0.00000256. The number of carbonyl (C=O) groups excluding carboxylic acids is 1. The second-order valence-corrected chi connectivity index (χ2v) is 4.76. The lowest BCUT2D eigenvalue weighted by Crippen LogP contribution is -2.38. The van der Waals surface area contributed by atoms with Crippen LogP contribution < -0.4 is 11.1 Å². The molecule has 1 amide bonds. The Hall–Kier alpha value is -0.320. The molecule has 17 heavy (non-hydrogen) atoms. The van der Waals surface area contributed by atoms with Crippen LogP contribution in [0.2, 0.25) is 0 Å². The van der Waals surface area contributed by atoms with Gasteiger partial charge in [-0.15, -0.1) is 12.4 Å². The van der Waals surface area contributed by atoms with Gasteiger partial charge in [0.05, 0.1) is 6.10 Å². The van der Waals surface area contributed by atoms with E-state index in [2.05, 4.69) is 5.32 Å². The van der Waals surface area contributed by atoms with E-state index < -0.39 is 0 Å². The van der Waals surface area contributed by atoms with Crippen LogP contribution in [-0.4, -0.2) is 31.7 Å². The average molecular weight is 265 g/mol. The smallest absolute Gasteiger partial charge is 0.220 e. The van der Waals surface area contributed by atoms with Gasteiger partial charge in [0.1, 0.15) is 0 Å². The first-order valence-electron chi connectivity index (χ1n) is 6.18. The molecule has 0 aromatic carbocycles. The van der Waals surface area contributed by atoms with Crippen molar-refractivity contribution in [3.05, 3.63) is 0 Å². The second kappa shape index (κ2) is 8.72. The highest BCUT2D eigenvalue weighted by molar-refractivity contribution is 5.85. The van der Waals surface area contributed by atoms with Crippen LogP contribution in [0.25, 0.3) is 0 Å². The summed E-state index contributed by atoms with van der Waals surface area (Å²) in [5.74, 6) is 0.470. The minimum atomic E-state index is 0. The molecule has 0 bridgehead atoms. The monoisotopic (exact) mass is 264 g/mol. The molecule has 3 N–H and O–H groups in total. The Morgan fingerprint density at radius 1 is 1.47 bits per heavy atom. The number of methoxy groups -OCH3 is 1. The summed E-state index contributed by atoms with van der Waals surface area (Å²) in [7, 11) is 1.65. The molecule has 4 nitrogen and oxygen atoms in total. The molecular formula is C12H25ClN2O2. The van der Waals surface area contributed by atoms with Crippen molar-refractivity contribution < 1.29 is 9.53 Å². The van der Waals surface area contributed by atoms with E-state index >= 15 is 0 Å². The minimum absolute atomic E-state index is 0. The average Bonchev–Trinajstić information content (AvgIpc) is 2.29. The summed E-state index contributed by atoms with van der Waals surface area (Å²) >= 11 is 0. The summed E-state index contributed by atoms with van der Waals surface area (Å²) in [6.45, 7) is 2.52. The zero-order valence-corrected chi connectivity index (χ0v) is 11.6. The normalized spacial score (nSPS) is 25.8. The van der Waals surface area contributed by atoms with E-state index in [9.17, 15) is 4.79 Å². The van der Waals surface area contributed by atoms with Gasteiger partial charge in [-0.2, -0.15) is 0 Å². The van der Waals surface area contributed by atoms with E-state index in [1.54, 1.807) is 7.11 Å². The third-order valence-electron chi connectivity index (χ3n) is 3.40. The lowest BCUT2D eigenvalue weighted by Gasteiger charge is -2.28. The molecule has 0 heterocycles. The van der Waals surface area contributed by atoms with Crippen LogP contribution in [0, 0.1) is 5.92 Å². The molecule has 1 aliphatic carbocycles. The number of amides is 1.